The van der Waals surface area contributed by atoms with Crippen molar-refractivity contribution in [1.29, 1.82) is 0 Å². The normalized spacial score (nSPS) is 29.8. The molecule has 2 heteroatoms. The SMILES string of the molecule is CC1CC(C)N(CCCCCCl)C1. The number of halogens is 1. The third kappa shape index (κ3) is 3.86. The average Bonchev–Trinajstić information content (AvgIpc) is 2.39. The van der Waals surface area contributed by atoms with E-state index in [0.29, 0.717) is 0 Å². The van der Waals surface area contributed by atoms with Gasteiger partial charge in [0, 0.05) is 18.5 Å². The fraction of sp³-hybridized carbons (Fsp3) is 1.00. The van der Waals surface area contributed by atoms with Gasteiger partial charge in [-0.2, -0.15) is 0 Å². The molecule has 1 aliphatic heterocycles. The van der Waals surface area contributed by atoms with Gasteiger partial charge in [-0.25, -0.2) is 0 Å². The highest BCUT2D eigenvalue weighted by Crippen LogP contribution is 2.22. The molecule has 0 aliphatic carbocycles. The van der Waals surface area contributed by atoms with Crippen molar-refractivity contribution in [2.75, 3.05) is 19.0 Å². The second kappa shape index (κ2) is 5.87. The number of nitrogens with zero attached hydrogens (tertiary/aromatic N) is 1. The zero-order valence-electron chi connectivity index (χ0n) is 8.93. The summed E-state index contributed by atoms with van der Waals surface area (Å²) in [6.45, 7) is 7.30. The van der Waals surface area contributed by atoms with E-state index in [0.717, 1.165) is 17.8 Å². The van der Waals surface area contributed by atoms with Crippen molar-refractivity contribution in [1.82, 2.24) is 4.90 Å². The van der Waals surface area contributed by atoms with Gasteiger partial charge in [0.05, 0.1) is 0 Å². The lowest BCUT2D eigenvalue weighted by molar-refractivity contribution is 0.259. The standard InChI is InChI=1S/C11H22ClN/c1-10-8-11(2)13(9-10)7-5-3-4-6-12/h10-11H,3-9H2,1-2H3. The molecule has 0 saturated carbocycles. The summed E-state index contributed by atoms with van der Waals surface area (Å²) in [6, 6.07) is 0.811. The Morgan fingerprint density at radius 2 is 2.00 bits per heavy atom. The molecule has 2 unspecified atom stereocenters. The lowest BCUT2D eigenvalue weighted by Crippen LogP contribution is -2.28. The fourth-order valence-electron chi connectivity index (χ4n) is 2.28. The number of hydrogen-bond donors (Lipinski definition) is 0. The van der Waals surface area contributed by atoms with E-state index in [1.54, 1.807) is 0 Å². The number of likely N-dealkylation sites (tertiary alicyclic amines) is 1. The summed E-state index contributed by atoms with van der Waals surface area (Å²) in [6.07, 6.45) is 5.18. The number of unbranched alkanes of at least 4 members (excludes halogenated alkanes) is 2. The zero-order valence-corrected chi connectivity index (χ0v) is 9.69. The first-order valence-corrected chi connectivity index (χ1v) is 6.07. The minimum atomic E-state index is 0.811. The maximum absolute atomic E-state index is 5.64. The summed E-state index contributed by atoms with van der Waals surface area (Å²) >= 11 is 5.64. The maximum Gasteiger partial charge on any atom is 0.0223 e. The summed E-state index contributed by atoms with van der Waals surface area (Å²) in [4.78, 5) is 2.62. The molecule has 0 spiro atoms. The van der Waals surface area contributed by atoms with Crippen LogP contribution in [0.3, 0.4) is 0 Å². The highest BCUT2D eigenvalue weighted by atomic mass is 35.5. The number of hydrogen-bond acceptors (Lipinski definition) is 1. The van der Waals surface area contributed by atoms with Crippen molar-refractivity contribution in [3.63, 3.8) is 0 Å². The predicted octanol–water partition coefficient (Wildman–Crippen LogP) is 3.13. The molecule has 0 N–H and O–H groups in total. The Kier molecular flexibility index (Phi) is 5.12. The van der Waals surface area contributed by atoms with Gasteiger partial charge in [-0.15, -0.1) is 11.6 Å². The monoisotopic (exact) mass is 203 g/mol. The summed E-state index contributed by atoms with van der Waals surface area (Å²) in [5, 5.41) is 0. The zero-order chi connectivity index (χ0) is 9.68. The molecule has 1 aliphatic rings. The van der Waals surface area contributed by atoms with Gasteiger partial charge < -0.3 is 4.90 Å². The van der Waals surface area contributed by atoms with Crippen LogP contribution < -0.4 is 0 Å². The lowest BCUT2D eigenvalue weighted by atomic mass is 10.1. The van der Waals surface area contributed by atoms with Crippen molar-refractivity contribution in [2.45, 2.75) is 45.6 Å². The Hall–Kier alpha value is 0.250. The molecule has 0 aromatic carbocycles. The van der Waals surface area contributed by atoms with Crippen molar-refractivity contribution >= 4 is 11.6 Å². The Morgan fingerprint density at radius 3 is 2.54 bits per heavy atom. The first kappa shape index (κ1) is 11.3. The van der Waals surface area contributed by atoms with Gasteiger partial charge in [-0.1, -0.05) is 13.3 Å². The van der Waals surface area contributed by atoms with Crippen LogP contribution >= 0.6 is 11.6 Å². The first-order valence-electron chi connectivity index (χ1n) is 5.54. The van der Waals surface area contributed by atoms with E-state index in [4.69, 9.17) is 11.6 Å². The molecule has 1 rings (SSSR count). The van der Waals surface area contributed by atoms with Gasteiger partial charge in [0.2, 0.25) is 0 Å². The fourth-order valence-corrected chi connectivity index (χ4v) is 2.47. The van der Waals surface area contributed by atoms with Crippen molar-refractivity contribution in [3.8, 4) is 0 Å². The van der Waals surface area contributed by atoms with Gasteiger partial charge in [0.15, 0.2) is 0 Å². The molecule has 0 amide bonds. The Labute approximate surface area is 87.4 Å². The van der Waals surface area contributed by atoms with Crippen LogP contribution in [0.5, 0.6) is 0 Å². The van der Waals surface area contributed by atoms with Crippen LogP contribution in [-0.4, -0.2) is 29.9 Å². The van der Waals surface area contributed by atoms with Gasteiger partial charge in [0.1, 0.15) is 0 Å². The molecule has 1 fully saturated rings. The molecular weight excluding hydrogens is 182 g/mol. The van der Waals surface area contributed by atoms with Crippen molar-refractivity contribution in [2.24, 2.45) is 5.92 Å². The van der Waals surface area contributed by atoms with E-state index in [-0.39, 0.29) is 0 Å². The molecule has 1 heterocycles. The quantitative estimate of drug-likeness (QED) is 0.490. The largest absolute Gasteiger partial charge is 0.300 e. The summed E-state index contributed by atoms with van der Waals surface area (Å²) in [5.74, 6) is 1.73. The van der Waals surface area contributed by atoms with Crippen LogP contribution in [0, 0.1) is 5.92 Å². The second-order valence-corrected chi connectivity index (χ2v) is 4.81. The predicted molar refractivity (Wildman–Crippen MR) is 59.4 cm³/mol. The molecule has 78 valence electrons. The molecule has 1 saturated heterocycles. The average molecular weight is 204 g/mol. The lowest BCUT2D eigenvalue weighted by Gasteiger charge is -2.20. The molecule has 13 heavy (non-hydrogen) atoms. The molecule has 1 nitrogen and oxygen atoms in total. The van der Waals surface area contributed by atoms with E-state index < -0.39 is 0 Å². The van der Waals surface area contributed by atoms with Crippen LogP contribution in [0.1, 0.15) is 39.5 Å². The van der Waals surface area contributed by atoms with E-state index in [9.17, 15) is 0 Å². The maximum atomic E-state index is 5.64. The van der Waals surface area contributed by atoms with E-state index in [1.165, 1.54) is 38.8 Å². The van der Waals surface area contributed by atoms with E-state index in [2.05, 4.69) is 18.7 Å². The van der Waals surface area contributed by atoms with Crippen molar-refractivity contribution in [3.05, 3.63) is 0 Å². The molecular formula is C11H22ClN. The number of rotatable bonds is 5. The summed E-state index contributed by atoms with van der Waals surface area (Å²) in [7, 11) is 0. The van der Waals surface area contributed by atoms with Crippen LogP contribution in [0.25, 0.3) is 0 Å². The van der Waals surface area contributed by atoms with Gasteiger partial charge >= 0.3 is 0 Å². The molecule has 0 aromatic heterocycles. The highest BCUT2D eigenvalue weighted by molar-refractivity contribution is 6.17. The minimum Gasteiger partial charge on any atom is -0.300 e. The summed E-state index contributed by atoms with van der Waals surface area (Å²) in [5.41, 5.74) is 0. The third-order valence-corrected chi connectivity index (χ3v) is 3.26. The van der Waals surface area contributed by atoms with Gasteiger partial charge in [-0.05, 0) is 38.6 Å². The van der Waals surface area contributed by atoms with E-state index in [1.807, 2.05) is 0 Å². The minimum absolute atomic E-state index is 0.811. The third-order valence-electron chi connectivity index (χ3n) is 2.99. The van der Waals surface area contributed by atoms with Gasteiger partial charge in [-0.3, -0.25) is 0 Å². The molecule has 2 atom stereocenters. The Balaban J connectivity index is 2.07. The van der Waals surface area contributed by atoms with Crippen LogP contribution in [-0.2, 0) is 0 Å². The highest BCUT2D eigenvalue weighted by Gasteiger charge is 2.24. The first-order chi connectivity index (χ1) is 6.24. The second-order valence-electron chi connectivity index (χ2n) is 4.43. The summed E-state index contributed by atoms with van der Waals surface area (Å²) < 4.78 is 0. The van der Waals surface area contributed by atoms with Gasteiger partial charge in [0.25, 0.3) is 0 Å². The Morgan fingerprint density at radius 1 is 1.23 bits per heavy atom. The van der Waals surface area contributed by atoms with Crippen LogP contribution in [0.15, 0.2) is 0 Å². The smallest absolute Gasteiger partial charge is 0.0223 e. The Bertz CT molecular complexity index is 138. The molecule has 0 aromatic rings. The number of alkyl halides is 1. The van der Waals surface area contributed by atoms with Crippen LogP contribution in [0.2, 0.25) is 0 Å². The van der Waals surface area contributed by atoms with Crippen LogP contribution in [0.4, 0.5) is 0 Å². The van der Waals surface area contributed by atoms with Crippen molar-refractivity contribution < 1.29 is 0 Å². The topological polar surface area (TPSA) is 3.24 Å². The molecule has 0 bridgehead atoms. The molecule has 0 radical (unpaired) electrons. The van der Waals surface area contributed by atoms with E-state index >= 15 is 0 Å².